The molecule has 0 saturated carbocycles. The zero-order valence-electron chi connectivity index (χ0n) is 6.89. The van der Waals surface area contributed by atoms with Crippen molar-refractivity contribution in [2.24, 2.45) is 0 Å². The monoisotopic (exact) mass is 191 g/mol. The lowest BCUT2D eigenvalue weighted by Gasteiger charge is -2.08. The normalized spacial score (nSPS) is 10.9. The Morgan fingerprint density at radius 1 is 1.23 bits per heavy atom. The van der Waals surface area contributed by atoms with Gasteiger partial charge in [0, 0.05) is 13.6 Å². The molecule has 0 spiro atoms. The average molecular weight is 191 g/mol. The van der Waals surface area contributed by atoms with E-state index in [0.717, 1.165) is 17.2 Å². The van der Waals surface area contributed by atoms with Gasteiger partial charge in [0.25, 0.3) is 0 Å². The van der Waals surface area contributed by atoms with Gasteiger partial charge in [-0.2, -0.15) is 5.06 Å². The van der Waals surface area contributed by atoms with Crippen molar-refractivity contribution in [2.45, 2.75) is 6.54 Å². The van der Waals surface area contributed by atoms with Crippen molar-refractivity contribution < 1.29 is 18.4 Å². The molecule has 0 aliphatic rings. The Morgan fingerprint density at radius 3 is 2.08 bits per heavy atom. The van der Waals surface area contributed by atoms with E-state index in [0.29, 0.717) is 0 Å². The highest BCUT2D eigenvalue weighted by Crippen LogP contribution is 2.14. The van der Waals surface area contributed by atoms with Gasteiger partial charge in [-0.15, -0.1) is 0 Å². The Bertz CT molecular complexity index is 291. The summed E-state index contributed by atoms with van der Waals surface area (Å²) in [7, 11) is 1.32. The summed E-state index contributed by atoms with van der Waals surface area (Å²) in [4.78, 5) is 0. The molecule has 0 fully saturated rings. The van der Waals surface area contributed by atoms with Crippen LogP contribution in [0.4, 0.5) is 13.2 Å². The molecule has 1 N–H and O–H groups in total. The molecule has 0 bridgehead atoms. The predicted octanol–water partition coefficient (Wildman–Crippen LogP) is 1.92. The van der Waals surface area contributed by atoms with Crippen LogP contribution < -0.4 is 0 Å². The molecule has 2 nitrogen and oxygen atoms in total. The molecule has 0 saturated heterocycles. The molecule has 72 valence electrons. The van der Waals surface area contributed by atoms with Crippen LogP contribution in [0.3, 0.4) is 0 Å². The molecular formula is C8H8F3NO. The van der Waals surface area contributed by atoms with Crippen molar-refractivity contribution in [3.05, 3.63) is 35.1 Å². The third kappa shape index (κ3) is 2.43. The maximum Gasteiger partial charge on any atom is 0.194 e. The molecule has 0 heterocycles. The minimum absolute atomic E-state index is 0.0614. The predicted molar refractivity (Wildman–Crippen MR) is 39.6 cm³/mol. The maximum absolute atomic E-state index is 12.6. The molecule has 0 unspecified atom stereocenters. The van der Waals surface area contributed by atoms with Crippen LogP contribution in [-0.2, 0) is 6.54 Å². The highest BCUT2D eigenvalue weighted by atomic mass is 19.2. The second kappa shape index (κ2) is 3.76. The third-order valence-electron chi connectivity index (χ3n) is 1.46. The molecule has 0 aliphatic carbocycles. The fourth-order valence-corrected chi connectivity index (χ4v) is 0.964. The third-order valence-corrected chi connectivity index (χ3v) is 1.46. The first kappa shape index (κ1) is 10.0. The smallest absolute Gasteiger partial charge is 0.194 e. The second-order valence-electron chi connectivity index (χ2n) is 2.69. The van der Waals surface area contributed by atoms with Crippen LogP contribution in [0.2, 0.25) is 0 Å². The summed E-state index contributed by atoms with van der Waals surface area (Å²) in [6, 6.07) is 1.68. The highest BCUT2D eigenvalue weighted by molar-refractivity contribution is 5.19. The Hall–Kier alpha value is -1.07. The van der Waals surface area contributed by atoms with Crippen LogP contribution in [-0.4, -0.2) is 17.3 Å². The molecule has 1 aromatic carbocycles. The van der Waals surface area contributed by atoms with Crippen LogP contribution >= 0.6 is 0 Å². The number of hydroxylamine groups is 2. The van der Waals surface area contributed by atoms with Crippen molar-refractivity contribution >= 4 is 0 Å². The maximum atomic E-state index is 12.6. The molecule has 0 amide bonds. The molecule has 0 atom stereocenters. The summed E-state index contributed by atoms with van der Waals surface area (Å²) in [5.41, 5.74) is 0.168. The fourth-order valence-electron chi connectivity index (χ4n) is 0.964. The summed E-state index contributed by atoms with van der Waals surface area (Å²) >= 11 is 0. The summed E-state index contributed by atoms with van der Waals surface area (Å²) in [6.07, 6.45) is 0. The molecule has 0 radical (unpaired) electrons. The molecule has 13 heavy (non-hydrogen) atoms. The van der Waals surface area contributed by atoms with Gasteiger partial charge in [0.15, 0.2) is 17.5 Å². The minimum Gasteiger partial charge on any atom is -0.314 e. The highest BCUT2D eigenvalue weighted by Gasteiger charge is 2.10. The first-order chi connectivity index (χ1) is 6.00. The standard InChI is InChI=1S/C8H8F3NO/c1-12(13)4-5-2-6(9)8(11)7(10)3-5/h2-3,13H,4H2,1H3. The Morgan fingerprint density at radius 2 is 1.69 bits per heavy atom. The van der Waals surface area contributed by atoms with E-state index in [4.69, 9.17) is 5.21 Å². The summed E-state index contributed by atoms with van der Waals surface area (Å²) in [5.74, 6) is -4.00. The molecular weight excluding hydrogens is 183 g/mol. The van der Waals surface area contributed by atoms with Crippen LogP contribution in [0.25, 0.3) is 0 Å². The zero-order valence-corrected chi connectivity index (χ0v) is 6.89. The first-order valence-electron chi connectivity index (χ1n) is 3.54. The van der Waals surface area contributed by atoms with Crippen molar-refractivity contribution in [1.82, 2.24) is 5.06 Å². The average Bonchev–Trinajstić information content (AvgIpc) is 1.98. The summed E-state index contributed by atoms with van der Waals surface area (Å²) in [6.45, 7) is -0.0614. The number of halogens is 3. The number of hydrogen-bond donors (Lipinski definition) is 1. The van der Waals surface area contributed by atoms with Crippen molar-refractivity contribution in [2.75, 3.05) is 7.05 Å². The molecule has 0 aromatic heterocycles. The van der Waals surface area contributed by atoms with Crippen LogP contribution in [0.5, 0.6) is 0 Å². The quantitative estimate of drug-likeness (QED) is 0.570. The van der Waals surface area contributed by atoms with Crippen molar-refractivity contribution in [3.8, 4) is 0 Å². The summed E-state index contributed by atoms with van der Waals surface area (Å²) in [5, 5.41) is 9.49. The molecule has 5 heteroatoms. The van der Waals surface area contributed by atoms with Gasteiger partial charge in [0.2, 0.25) is 0 Å². The van der Waals surface area contributed by atoms with E-state index in [1.807, 2.05) is 0 Å². The zero-order chi connectivity index (χ0) is 10.0. The Labute approximate surface area is 73.2 Å². The largest absolute Gasteiger partial charge is 0.314 e. The second-order valence-corrected chi connectivity index (χ2v) is 2.69. The van der Waals surface area contributed by atoms with Gasteiger partial charge in [0.1, 0.15) is 0 Å². The van der Waals surface area contributed by atoms with Gasteiger partial charge >= 0.3 is 0 Å². The first-order valence-corrected chi connectivity index (χ1v) is 3.54. The van der Waals surface area contributed by atoms with Crippen LogP contribution in [0.15, 0.2) is 12.1 Å². The van der Waals surface area contributed by atoms with Gasteiger partial charge in [0.05, 0.1) is 0 Å². The fraction of sp³-hybridized carbons (Fsp3) is 0.250. The van der Waals surface area contributed by atoms with E-state index in [9.17, 15) is 13.2 Å². The van der Waals surface area contributed by atoms with Gasteiger partial charge in [-0.3, -0.25) is 0 Å². The number of nitrogens with zero attached hydrogens (tertiary/aromatic N) is 1. The van der Waals surface area contributed by atoms with Gasteiger partial charge < -0.3 is 5.21 Å². The van der Waals surface area contributed by atoms with E-state index >= 15 is 0 Å². The van der Waals surface area contributed by atoms with E-state index < -0.39 is 17.5 Å². The van der Waals surface area contributed by atoms with E-state index in [1.165, 1.54) is 7.05 Å². The van der Waals surface area contributed by atoms with Gasteiger partial charge in [-0.05, 0) is 17.7 Å². The number of hydrogen-bond acceptors (Lipinski definition) is 2. The lowest BCUT2D eigenvalue weighted by molar-refractivity contribution is -0.0732. The van der Waals surface area contributed by atoms with Crippen LogP contribution in [0, 0.1) is 17.5 Å². The molecule has 0 aliphatic heterocycles. The van der Waals surface area contributed by atoms with Crippen molar-refractivity contribution in [1.29, 1.82) is 0 Å². The van der Waals surface area contributed by atoms with Crippen molar-refractivity contribution in [3.63, 3.8) is 0 Å². The molecule has 1 aromatic rings. The summed E-state index contributed by atoms with van der Waals surface area (Å²) < 4.78 is 37.6. The minimum atomic E-state index is -1.50. The van der Waals surface area contributed by atoms with E-state index in [1.54, 1.807) is 0 Å². The topological polar surface area (TPSA) is 23.5 Å². The van der Waals surface area contributed by atoms with Gasteiger partial charge in [-0.25, -0.2) is 13.2 Å². The number of benzene rings is 1. The van der Waals surface area contributed by atoms with E-state index in [-0.39, 0.29) is 12.1 Å². The lowest BCUT2D eigenvalue weighted by atomic mass is 10.2. The van der Waals surface area contributed by atoms with Gasteiger partial charge in [-0.1, -0.05) is 0 Å². The lowest BCUT2D eigenvalue weighted by Crippen LogP contribution is -2.12. The SMILES string of the molecule is CN(O)Cc1cc(F)c(F)c(F)c1. The Balaban J connectivity index is 2.99. The van der Waals surface area contributed by atoms with Crippen LogP contribution in [0.1, 0.15) is 5.56 Å². The Kier molecular flexibility index (Phi) is 2.90. The number of rotatable bonds is 2. The van der Waals surface area contributed by atoms with E-state index in [2.05, 4.69) is 0 Å². The molecule has 1 rings (SSSR count).